The van der Waals surface area contributed by atoms with E-state index in [1.54, 1.807) is 6.07 Å². The van der Waals surface area contributed by atoms with Crippen LogP contribution < -0.4 is 5.32 Å². The van der Waals surface area contributed by atoms with Crippen molar-refractivity contribution in [3.63, 3.8) is 0 Å². The van der Waals surface area contributed by atoms with E-state index in [-0.39, 0.29) is 5.75 Å². The number of halogens is 2. The molecule has 0 amide bonds. The first-order chi connectivity index (χ1) is 9.04. The van der Waals surface area contributed by atoms with E-state index >= 15 is 0 Å². The lowest BCUT2D eigenvalue weighted by Crippen LogP contribution is -1.96. The van der Waals surface area contributed by atoms with E-state index in [2.05, 4.69) is 31.4 Å². The van der Waals surface area contributed by atoms with E-state index in [4.69, 9.17) is 16.7 Å². The third-order valence-electron chi connectivity index (χ3n) is 1.90. The van der Waals surface area contributed by atoms with E-state index in [0.717, 1.165) is 21.9 Å². The zero-order valence-electron chi connectivity index (χ0n) is 9.26. The number of carboxylic acid groups (broad SMARTS) is 1. The summed E-state index contributed by atoms with van der Waals surface area (Å²) in [5.74, 6) is -0.905. The molecule has 5 nitrogen and oxygen atoms in total. The molecule has 0 aliphatic heterocycles. The molecule has 0 aliphatic rings. The Labute approximate surface area is 130 Å². The quantitative estimate of drug-likeness (QED) is 0.767. The van der Waals surface area contributed by atoms with Crippen LogP contribution in [0.15, 0.2) is 27.0 Å². The zero-order valence-corrected chi connectivity index (χ0v) is 13.2. The largest absolute Gasteiger partial charge is 0.481 e. The van der Waals surface area contributed by atoms with Crippen molar-refractivity contribution in [2.45, 2.75) is 4.34 Å². The van der Waals surface area contributed by atoms with Gasteiger partial charge < -0.3 is 10.4 Å². The first-order valence-electron chi connectivity index (χ1n) is 4.95. The lowest BCUT2D eigenvalue weighted by atomic mass is 10.3. The molecule has 1 aromatic carbocycles. The van der Waals surface area contributed by atoms with Gasteiger partial charge in [-0.2, -0.15) is 0 Å². The summed E-state index contributed by atoms with van der Waals surface area (Å²) >= 11 is 11.7. The van der Waals surface area contributed by atoms with Crippen LogP contribution in [0.3, 0.4) is 0 Å². The van der Waals surface area contributed by atoms with Crippen LogP contribution in [-0.4, -0.2) is 27.0 Å². The van der Waals surface area contributed by atoms with Crippen LogP contribution in [-0.2, 0) is 4.79 Å². The van der Waals surface area contributed by atoms with Gasteiger partial charge in [-0.15, -0.1) is 10.2 Å². The number of aromatic nitrogens is 2. The molecule has 0 bridgehead atoms. The van der Waals surface area contributed by atoms with Gasteiger partial charge in [0.15, 0.2) is 4.34 Å². The molecule has 2 aromatic rings. The number of nitrogens with zero attached hydrogens (tertiary/aromatic N) is 2. The van der Waals surface area contributed by atoms with E-state index in [1.165, 1.54) is 11.3 Å². The topological polar surface area (TPSA) is 75.1 Å². The van der Waals surface area contributed by atoms with Gasteiger partial charge in [-0.25, -0.2) is 0 Å². The molecule has 19 heavy (non-hydrogen) atoms. The molecule has 0 fully saturated rings. The molecule has 2 N–H and O–H groups in total. The minimum absolute atomic E-state index is 0.0267. The number of hydrogen-bond donors (Lipinski definition) is 2. The normalized spacial score (nSPS) is 10.4. The van der Waals surface area contributed by atoms with Gasteiger partial charge in [0, 0.05) is 10.2 Å². The number of hydrogen-bond acceptors (Lipinski definition) is 6. The van der Waals surface area contributed by atoms with E-state index in [9.17, 15) is 4.79 Å². The Hall–Kier alpha value is -0.830. The highest BCUT2D eigenvalue weighted by molar-refractivity contribution is 9.10. The van der Waals surface area contributed by atoms with Crippen LogP contribution in [0.4, 0.5) is 10.8 Å². The second kappa shape index (κ2) is 6.56. The third kappa shape index (κ3) is 4.34. The number of nitrogens with one attached hydrogen (secondary N) is 1. The van der Waals surface area contributed by atoms with Crippen molar-refractivity contribution in [3.05, 3.63) is 27.7 Å². The first-order valence-corrected chi connectivity index (χ1v) is 7.92. The highest BCUT2D eigenvalue weighted by Gasteiger charge is 2.08. The number of anilines is 2. The smallest absolute Gasteiger partial charge is 0.313 e. The Bertz CT molecular complexity index is 608. The molecule has 0 saturated heterocycles. The molecule has 0 atom stereocenters. The molecule has 0 spiro atoms. The fraction of sp³-hybridized carbons (Fsp3) is 0.100. The Morgan fingerprint density at radius 2 is 2.32 bits per heavy atom. The van der Waals surface area contributed by atoms with Gasteiger partial charge in [0.25, 0.3) is 0 Å². The van der Waals surface area contributed by atoms with Gasteiger partial charge in [-0.3, -0.25) is 4.79 Å². The Morgan fingerprint density at radius 1 is 1.53 bits per heavy atom. The van der Waals surface area contributed by atoms with E-state index in [1.807, 2.05) is 12.1 Å². The summed E-state index contributed by atoms with van der Waals surface area (Å²) in [6.07, 6.45) is 0. The van der Waals surface area contributed by atoms with Gasteiger partial charge in [0.1, 0.15) is 0 Å². The first kappa shape index (κ1) is 14.6. The predicted octanol–water partition coefficient (Wildman–Crippen LogP) is 3.87. The Morgan fingerprint density at radius 3 is 3.00 bits per heavy atom. The lowest BCUT2D eigenvalue weighted by Gasteiger charge is -2.03. The maximum absolute atomic E-state index is 10.4. The number of aliphatic carboxylic acids is 1. The minimum Gasteiger partial charge on any atom is -0.481 e. The van der Waals surface area contributed by atoms with Crippen LogP contribution in [0.5, 0.6) is 0 Å². The molecule has 9 heteroatoms. The van der Waals surface area contributed by atoms with Crippen molar-refractivity contribution < 1.29 is 9.90 Å². The number of benzene rings is 1. The molecule has 2 rings (SSSR count). The Balaban J connectivity index is 2.02. The van der Waals surface area contributed by atoms with Gasteiger partial charge in [-0.05, 0) is 34.1 Å². The standard InChI is InChI=1S/C10H7BrClN3O2S2/c11-6-3-5(1-2-7(6)12)13-9-14-15-10(19-9)18-4-8(16)17/h1-3H,4H2,(H,13,14)(H,16,17). The van der Waals surface area contributed by atoms with Gasteiger partial charge in [0.2, 0.25) is 5.13 Å². The number of thioether (sulfide) groups is 1. The second-order valence-corrected chi connectivity index (χ2v) is 6.77. The summed E-state index contributed by atoms with van der Waals surface area (Å²) in [5.41, 5.74) is 0.821. The van der Waals surface area contributed by atoms with Crippen LogP contribution in [0.2, 0.25) is 5.02 Å². The van der Waals surface area contributed by atoms with E-state index in [0.29, 0.717) is 14.5 Å². The molecule has 1 heterocycles. The SMILES string of the molecule is O=C(O)CSc1nnc(Nc2ccc(Cl)c(Br)c2)s1. The molecule has 0 unspecified atom stereocenters. The summed E-state index contributed by atoms with van der Waals surface area (Å²) in [6.45, 7) is 0. The summed E-state index contributed by atoms with van der Waals surface area (Å²) in [6, 6.07) is 5.40. The molecule has 0 saturated carbocycles. The van der Waals surface area contributed by atoms with Crippen LogP contribution >= 0.6 is 50.6 Å². The maximum atomic E-state index is 10.4. The van der Waals surface area contributed by atoms with Gasteiger partial charge in [0.05, 0.1) is 10.8 Å². The van der Waals surface area contributed by atoms with Gasteiger partial charge in [-0.1, -0.05) is 34.7 Å². The highest BCUT2D eigenvalue weighted by atomic mass is 79.9. The van der Waals surface area contributed by atoms with Crippen LogP contribution in [0.1, 0.15) is 0 Å². The van der Waals surface area contributed by atoms with Crippen LogP contribution in [0.25, 0.3) is 0 Å². The van der Waals surface area contributed by atoms with E-state index < -0.39 is 5.97 Å². The number of carbonyl (C=O) groups is 1. The average Bonchev–Trinajstić information content (AvgIpc) is 2.79. The van der Waals surface area contributed by atoms with Gasteiger partial charge >= 0.3 is 5.97 Å². The molecular weight excluding hydrogens is 374 g/mol. The third-order valence-corrected chi connectivity index (χ3v) is 5.07. The number of rotatable bonds is 5. The predicted molar refractivity (Wildman–Crippen MR) is 80.7 cm³/mol. The van der Waals surface area contributed by atoms with Crippen molar-refractivity contribution in [1.29, 1.82) is 0 Å². The second-order valence-electron chi connectivity index (χ2n) is 3.31. The molecular formula is C10H7BrClN3O2S2. The van der Waals surface area contributed by atoms with Crippen molar-refractivity contribution >= 4 is 67.4 Å². The summed E-state index contributed by atoms with van der Waals surface area (Å²) in [4.78, 5) is 10.4. The summed E-state index contributed by atoms with van der Waals surface area (Å²) < 4.78 is 1.39. The summed E-state index contributed by atoms with van der Waals surface area (Å²) in [5, 5.41) is 20.7. The average molecular weight is 381 g/mol. The fourth-order valence-corrected chi connectivity index (χ4v) is 3.13. The molecule has 1 aromatic heterocycles. The molecule has 0 radical (unpaired) electrons. The number of carboxylic acids is 1. The Kier molecular flexibility index (Phi) is 5.03. The fourth-order valence-electron chi connectivity index (χ4n) is 1.14. The molecule has 0 aliphatic carbocycles. The lowest BCUT2D eigenvalue weighted by molar-refractivity contribution is -0.133. The summed E-state index contributed by atoms with van der Waals surface area (Å²) in [7, 11) is 0. The van der Waals surface area contributed by atoms with Crippen molar-refractivity contribution in [2.75, 3.05) is 11.1 Å². The van der Waals surface area contributed by atoms with Crippen LogP contribution in [0, 0.1) is 0 Å². The maximum Gasteiger partial charge on any atom is 0.313 e. The highest BCUT2D eigenvalue weighted by Crippen LogP contribution is 2.30. The monoisotopic (exact) mass is 379 g/mol. The molecule has 100 valence electrons. The van der Waals surface area contributed by atoms with Crippen molar-refractivity contribution in [2.24, 2.45) is 0 Å². The van der Waals surface area contributed by atoms with Crippen molar-refractivity contribution in [1.82, 2.24) is 10.2 Å². The minimum atomic E-state index is -0.878. The van der Waals surface area contributed by atoms with Crippen molar-refractivity contribution in [3.8, 4) is 0 Å². The zero-order chi connectivity index (χ0) is 13.8.